The molecule has 4 N–H and O–H groups in total. The van der Waals surface area contributed by atoms with Crippen molar-refractivity contribution in [1.82, 2.24) is 10.6 Å². The van der Waals surface area contributed by atoms with Crippen LogP contribution in [0.4, 0.5) is 0 Å². The van der Waals surface area contributed by atoms with Gasteiger partial charge in [-0.1, -0.05) is 35.4 Å². The first-order chi connectivity index (χ1) is 11.3. The van der Waals surface area contributed by atoms with Crippen LogP contribution in [0.15, 0.2) is 0 Å². The van der Waals surface area contributed by atoms with Gasteiger partial charge in [0.05, 0.1) is 0 Å². The Balaban J connectivity index is 4.28. The fraction of sp³-hybridized carbons (Fsp3) is 0.714. The Labute approximate surface area is 148 Å². The summed E-state index contributed by atoms with van der Waals surface area (Å²) in [6.07, 6.45) is 1.76. The quantitative estimate of drug-likeness (QED) is 0.276. The monoisotopic (exact) mass is 380 g/mol. The van der Waals surface area contributed by atoms with Gasteiger partial charge < -0.3 is 20.8 Å². The van der Waals surface area contributed by atoms with Crippen LogP contribution in [-0.4, -0.2) is 57.6 Å². The van der Waals surface area contributed by atoms with E-state index in [4.69, 9.17) is 10.2 Å². The summed E-state index contributed by atoms with van der Waals surface area (Å²) < 4.78 is 0. The number of amides is 2. The highest BCUT2D eigenvalue weighted by molar-refractivity contribution is 8.76. The Morgan fingerprint density at radius 2 is 1.12 bits per heavy atom. The zero-order chi connectivity index (χ0) is 18.5. The predicted molar refractivity (Wildman–Crippen MR) is 93.9 cm³/mol. The third kappa shape index (κ3) is 10.4. The summed E-state index contributed by atoms with van der Waals surface area (Å²) >= 11 is 0. The zero-order valence-corrected chi connectivity index (χ0v) is 15.4. The number of rotatable bonds is 13. The highest BCUT2D eigenvalue weighted by atomic mass is 33.1. The van der Waals surface area contributed by atoms with Crippen molar-refractivity contribution in [1.29, 1.82) is 0 Å². The molecule has 0 aliphatic carbocycles. The first kappa shape index (κ1) is 22.6. The number of carbonyl (C=O) groups is 4. The maximum absolute atomic E-state index is 11.5. The molecule has 8 nitrogen and oxygen atoms in total. The molecule has 2 atom stereocenters. The van der Waals surface area contributed by atoms with E-state index >= 15 is 0 Å². The van der Waals surface area contributed by atoms with E-state index in [9.17, 15) is 19.2 Å². The van der Waals surface area contributed by atoms with Crippen LogP contribution in [0.1, 0.15) is 39.5 Å². The maximum atomic E-state index is 11.5. The average Bonchev–Trinajstić information content (AvgIpc) is 2.49. The van der Waals surface area contributed by atoms with Gasteiger partial charge in [-0.15, -0.1) is 0 Å². The maximum Gasteiger partial charge on any atom is 0.327 e. The van der Waals surface area contributed by atoms with Crippen molar-refractivity contribution < 1.29 is 29.4 Å². The lowest BCUT2D eigenvalue weighted by Crippen LogP contribution is -2.43. The molecule has 0 radical (unpaired) electrons. The fourth-order valence-electron chi connectivity index (χ4n) is 1.57. The molecule has 0 aromatic carbocycles. The molecule has 0 bridgehead atoms. The molecule has 2 amide bonds. The smallest absolute Gasteiger partial charge is 0.327 e. The summed E-state index contributed by atoms with van der Waals surface area (Å²) in [6, 6.07) is -2.06. The van der Waals surface area contributed by atoms with Crippen molar-refractivity contribution in [2.24, 2.45) is 0 Å². The summed E-state index contributed by atoms with van der Waals surface area (Å²) in [6.45, 7) is 3.64. The summed E-state index contributed by atoms with van der Waals surface area (Å²) in [5, 5.41) is 23.0. The van der Waals surface area contributed by atoms with Crippen molar-refractivity contribution in [3.8, 4) is 0 Å². The zero-order valence-electron chi connectivity index (χ0n) is 13.7. The lowest BCUT2D eigenvalue weighted by atomic mass is 10.3. The first-order valence-corrected chi connectivity index (χ1v) is 10.1. The molecule has 0 spiro atoms. The second-order valence-electron chi connectivity index (χ2n) is 4.99. The van der Waals surface area contributed by atoms with E-state index in [1.165, 1.54) is 0 Å². The SMILES string of the molecule is CCCC(=O)NC(CSSC[C@H](NC(=O)CCC)C(=O)O)C(=O)O. The molecule has 24 heavy (non-hydrogen) atoms. The van der Waals surface area contributed by atoms with Crippen LogP contribution in [0.3, 0.4) is 0 Å². The topological polar surface area (TPSA) is 133 Å². The van der Waals surface area contributed by atoms with Gasteiger partial charge in [0.25, 0.3) is 0 Å². The van der Waals surface area contributed by atoms with Gasteiger partial charge in [0.15, 0.2) is 0 Å². The molecule has 0 rings (SSSR count). The van der Waals surface area contributed by atoms with E-state index in [2.05, 4.69) is 10.6 Å². The standard InChI is InChI=1S/C14H24N2O6S2/c1-3-5-11(17)15-9(13(19)20)7-23-24-8-10(14(21)22)16-12(18)6-4-2/h9-10H,3-8H2,1-2H3,(H,15,17)(H,16,18)(H,19,20)(H,21,22)/t9-,10?/m0/s1. The second kappa shape index (κ2) is 12.9. The summed E-state index contributed by atoms with van der Waals surface area (Å²) in [7, 11) is 2.28. The summed E-state index contributed by atoms with van der Waals surface area (Å²) in [5.41, 5.74) is 0. The molecule has 0 aromatic rings. The van der Waals surface area contributed by atoms with Crippen molar-refractivity contribution in [3.05, 3.63) is 0 Å². The Bertz CT molecular complexity index is 407. The highest BCUT2D eigenvalue weighted by Gasteiger charge is 2.22. The third-order valence-corrected chi connectivity index (χ3v) is 5.20. The van der Waals surface area contributed by atoms with Crippen molar-refractivity contribution in [3.63, 3.8) is 0 Å². The lowest BCUT2D eigenvalue weighted by molar-refractivity contribution is -0.141. The van der Waals surface area contributed by atoms with Crippen molar-refractivity contribution >= 4 is 45.3 Å². The predicted octanol–water partition coefficient (Wildman–Crippen LogP) is 1.11. The van der Waals surface area contributed by atoms with E-state index in [0.717, 1.165) is 21.6 Å². The van der Waals surface area contributed by atoms with Crippen LogP contribution in [0, 0.1) is 0 Å². The van der Waals surface area contributed by atoms with Crippen LogP contribution in [0.2, 0.25) is 0 Å². The number of carboxylic acid groups (broad SMARTS) is 2. The summed E-state index contributed by atoms with van der Waals surface area (Å²) in [5.74, 6) is -2.73. The Morgan fingerprint density at radius 1 is 0.792 bits per heavy atom. The first-order valence-electron chi connectivity index (χ1n) is 7.60. The minimum absolute atomic E-state index is 0.102. The second-order valence-corrected chi connectivity index (χ2v) is 7.54. The van der Waals surface area contributed by atoms with Gasteiger partial charge in [0.1, 0.15) is 12.1 Å². The van der Waals surface area contributed by atoms with Crippen LogP contribution in [0.25, 0.3) is 0 Å². The normalized spacial score (nSPS) is 12.9. The van der Waals surface area contributed by atoms with Crippen molar-refractivity contribution in [2.45, 2.75) is 51.6 Å². The van der Waals surface area contributed by atoms with Crippen LogP contribution < -0.4 is 10.6 Å². The van der Waals surface area contributed by atoms with E-state index in [1.807, 2.05) is 13.8 Å². The molecular formula is C14H24N2O6S2. The van der Waals surface area contributed by atoms with Gasteiger partial charge in [-0.05, 0) is 12.8 Å². The number of nitrogens with one attached hydrogen (secondary N) is 2. The number of carbonyl (C=O) groups excluding carboxylic acids is 2. The molecular weight excluding hydrogens is 356 g/mol. The molecule has 0 fully saturated rings. The van der Waals surface area contributed by atoms with Crippen LogP contribution in [-0.2, 0) is 19.2 Å². The minimum Gasteiger partial charge on any atom is -0.480 e. The number of hydrogen-bond acceptors (Lipinski definition) is 6. The van der Waals surface area contributed by atoms with E-state index in [1.54, 1.807) is 0 Å². The molecule has 10 heteroatoms. The Morgan fingerprint density at radius 3 is 1.38 bits per heavy atom. The van der Waals surface area contributed by atoms with Gasteiger partial charge in [-0.25, -0.2) is 9.59 Å². The van der Waals surface area contributed by atoms with Crippen LogP contribution >= 0.6 is 21.6 Å². The lowest BCUT2D eigenvalue weighted by Gasteiger charge is -2.16. The number of hydrogen-bond donors (Lipinski definition) is 4. The van der Waals surface area contributed by atoms with Crippen LogP contribution in [0.5, 0.6) is 0 Å². The van der Waals surface area contributed by atoms with Gasteiger partial charge in [-0.3, -0.25) is 9.59 Å². The van der Waals surface area contributed by atoms with Crippen molar-refractivity contribution in [2.75, 3.05) is 11.5 Å². The van der Waals surface area contributed by atoms with Gasteiger partial charge in [0.2, 0.25) is 11.8 Å². The molecule has 0 saturated heterocycles. The molecule has 0 heterocycles. The molecule has 138 valence electrons. The molecule has 0 aliphatic rings. The summed E-state index contributed by atoms with van der Waals surface area (Å²) in [4.78, 5) is 45.1. The number of aliphatic carboxylic acids is 2. The minimum atomic E-state index is -1.14. The fourth-order valence-corrected chi connectivity index (χ4v) is 3.88. The van der Waals surface area contributed by atoms with Gasteiger partial charge in [0, 0.05) is 24.3 Å². The van der Waals surface area contributed by atoms with E-state index in [-0.39, 0.29) is 36.2 Å². The Kier molecular flexibility index (Phi) is 12.2. The van der Waals surface area contributed by atoms with Gasteiger partial charge in [-0.2, -0.15) is 0 Å². The van der Waals surface area contributed by atoms with E-state index in [0.29, 0.717) is 12.8 Å². The average molecular weight is 380 g/mol. The molecule has 0 aliphatic heterocycles. The van der Waals surface area contributed by atoms with E-state index < -0.39 is 24.0 Å². The largest absolute Gasteiger partial charge is 0.480 e. The Hall–Kier alpha value is -1.42. The third-order valence-electron chi connectivity index (χ3n) is 2.77. The highest BCUT2D eigenvalue weighted by Crippen LogP contribution is 2.23. The molecule has 1 unspecified atom stereocenters. The molecule has 0 saturated carbocycles. The molecule has 0 aromatic heterocycles. The van der Waals surface area contributed by atoms with Gasteiger partial charge >= 0.3 is 11.9 Å². The number of carboxylic acids is 2.